The molecule has 0 saturated carbocycles. The van der Waals surface area contributed by atoms with E-state index in [0.29, 0.717) is 23.7 Å². The number of amides is 1. The molecule has 0 aliphatic carbocycles. The minimum atomic E-state index is -0.00802. The molecule has 1 N–H and O–H groups in total. The van der Waals surface area contributed by atoms with Crippen LogP contribution < -0.4 is 5.32 Å². The lowest BCUT2D eigenvalue weighted by atomic mass is 9.96. The molecular formula is C22H27N7O. The number of carbonyl (C=O) groups excluding carboxylic acids is 1. The zero-order chi connectivity index (χ0) is 21.3. The molecule has 2 atom stereocenters. The van der Waals surface area contributed by atoms with Crippen LogP contribution in [0.1, 0.15) is 47.1 Å². The summed E-state index contributed by atoms with van der Waals surface area (Å²) in [6.07, 6.45) is 5.10. The van der Waals surface area contributed by atoms with E-state index in [4.69, 9.17) is 0 Å². The molecule has 1 aromatic carbocycles. The molecule has 1 saturated heterocycles. The molecule has 2 aromatic heterocycles. The normalized spacial score (nSPS) is 19.0. The molecule has 3 heterocycles. The molecule has 3 aromatic rings. The lowest BCUT2D eigenvalue weighted by molar-refractivity contribution is 0.0616. The van der Waals surface area contributed by atoms with Crippen LogP contribution in [0, 0.1) is 20.8 Å². The number of likely N-dealkylation sites (tertiary alicyclic amines) is 1. The molecule has 0 bridgehead atoms. The Morgan fingerprint density at radius 2 is 1.77 bits per heavy atom. The zero-order valence-corrected chi connectivity index (χ0v) is 17.8. The van der Waals surface area contributed by atoms with E-state index in [9.17, 15) is 4.79 Å². The maximum absolute atomic E-state index is 13.6. The Balaban J connectivity index is 1.60. The highest BCUT2D eigenvalue weighted by Crippen LogP contribution is 2.25. The van der Waals surface area contributed by atoms with Gasteiger partial charge in [0.15, 0.2) is 0 Å². The number of carbonyl (C=O) groups is 1. The summed E-state index contributed by atoms with van der Waals surface area (Å²) in [5.74, 6) is 0.613. The van der Waals surface area contributed by atoms with Crippen molar-refractivity contribution in [2.24, 2.45) is 0 Å². The fourth-order valence-electron chi connectivity index (χ4n) is 4.07. The number of nitrogens with one attached hydrogen (secondary N) is 1. The monoisotopic (exact) mass is 405 g/mol. The third-order valence-corrected chi connectivity index (χ3v) is 5.56. The average molecular weight is 406 g/mol. The number of aromatic nitrogens is 5. The summed E-state index contributed by atoms with van der Waals surface area (Å²) >= 11 is 0. The van der Waals surface area contributed by atoms with Crippen molar-refractivity contribution in [2.45, 2.75) is 52.6 Å². The van der Waals surface area contributed by atoms with Crippen LogP contribution >= 0.6 is 0 Å². The van der Waals surface area contributed by atoms with Crippen molar-refractivity contribution in [1.82, 2.24) is 29.9 Å². The van der Waals surface area contributed by atoms with E-state index >= 15 is 0 Å². The lowest BCUT2D eigenvalue weighted by Crippen LogP contribution is -2.52. The number of anilines is 1. The molecule has 8 nitrogen and oxygen atoms in total. The summed E-state index contributed by atoms with van der Waals surface area (Å²) in [6.45, 7) is 8.70. The Morgan fingerprint density at radius 1 is 1.07 bits per heavy atom. The van der Waals surface area contributed by atoms with Gasteiger partial charge in [-0.25, -0.2) is 9.97 Å². The van der Waals surface area contributed by atoms with E-state index in [1.807, 2.05) is 49.9 Å². The van der Waals surface area contributed by atoms with Crippen molar-refractivity contribution >= 4 is 11.9 Å². The molecule has 30 heavy (non-hydrogen) atoms. The summed E-state index contributed by atoms with van der Waals surface area (Å²) in [5, 5.41) is 11.9. The largest absolute Gasteiger partial charge is 0.349 e. The Labute approximate surface area is 176 Å². The van der Waals surface area contributed by atoms with Crippen LogP contribution in [0.15, 0.2) is 36.7 Å². The first kappa shape index (κ1) is 20.0. The summed E-state index contributed by atoms with van der Waals surface area (Å²) in [6, 6.07) is 7.81. The molecule has 0 spiro atoms. The minimum absolute atomic E-state index is 0.00499. The van der Waals surface area contributed by atoms with Gasteiger partial charge in [-0.15, -0.1) is 0 Å². The molecule has 8 heteroatoms. The van der Waals surface area contributed by atoms with E-state index in [-0.39, 0.29) is 18.0 Å². The standard InChI is InChI=1S/C22H27N7O/c1-14-7-8-20(29-23-9-10-24-29)18(12-14)21(30)28-11-5-6-19(17(28)4)27-22-25-15(2)13-16(3)26-22/h7-10,12-13,17,19H,5-6,11H2,1-4H3,(H,25,26,27)/t17-,19+/m0/s1. The maximum Gasteiger partial charge on any atom is 0.256 e. The zero-order valence-electron chi connectivity index (χ0n) is 17.8. The van der Waals surface area contributed by atoms with E-state index < -0.39 is 0 Å². The Kier molecular flexibility index (Phi) is 5.48. The van der Waals surface area contributed by atoms with Crippen LogP contribution in [0.3, 0.4) is 0 Å². The lowest BCUT2D eigenvalue weighted by Gasteiger charge is -2.40. The first-order valence-electron chi connectivity index (χ1n) is 10.3. The van der Waals surface area contributed by atoms with Crippen LogP contribution in [0.25, 0.3) is 5.69 Å². The second kappa shape index (κ2) is 8.22. The van der Waals surface area contributed by atoms with Gasteiger partial charge in [0.25, 0.3) is 5.91 Å². The number of hydrogen-bond acceptors (Lipinski definition) is 6. The highest BCUT2D eigenvalue weighted by atomic mass is 16.2. The highest BCUT2D eigenvalue weighted by Gasteiger charge is 2.33. The van der Waals surface area contributed by atoms with Crippen molar-refractivity contribution in [2.75, 3.05) is 11.9 Å². The van der Waals surface area contributed by atoms with Gasteiger partial charge in [0, 0.05) is 30.0 Å². The Bertz CT molecular complexity index is 1030. The molecule has 1 amide bonds. The van der Waals surface area contributed by atoms with Gasteiger partial charge in [0.05, 0.1) is 23.6 Å². The molecule has 156 valence electrons. The van der Waals surface area contributed by atoms with Crippen LogP contribution in [0.5, 0.6) is 0 Å². The molecule has 4 rings (SSSR count). The van der Waals surface area contributed by atoms with Crippen LogP contribution in [-0.4, -0.2) is 54.4 Å². The van der Waals surface area contributed by atoms with E-state index in [1.165, 1.54) is 4.80 Å². The Hall–Kier alpha value is -3.29. The first-order valence-corrected chi connectivity index (χ1v) is 10.3. The summed E-state index contributed by atoms with van der Waals surface area (Å²) < 4.78 is 0. The van der Waals surface area contributed by atoms with Crippen LogP contribution in [0.2, 0.25) is 0 Å². The predicted molar refractivity (Wildman–Crippen MR) is 115 cm³/mol. The van der Waals surface area contributed by atoms with Crippen molar-refractivity contribution in [1.29, 1.82) is 0 Å². The fourth-order valence-corrected chi connectivity index (χ4v) is 4.07. The molecular weight excluding hydrogens is 378 g/mol. The van der Waals surface area contributed by atoms with Crippen molar-refractivity contribution in [3.63, 3.8) is 0 Å². The maximum atomic E-state index is 13.6. The van der Waals surface area contributed by atoms with Gasteiger partial charge < -0.3 is 10.2 Å². The van der Waals surface area contributed by atoms with Gasteiger partial charge in [0.2, 0.25) is 5.95 Å². The quantitative estimate of drug-likeness (QED) is 0.718. The van der Waals surface area contributed by atoms with E-state index in [0.717, 1.165) is 29.8 Å². The highest BCUT2D eigenvalue weighted by molar-refractivity contribution is 5.98. The number of rotatable bonds is 4. The van der Waals surface area contributed by atoms with Crippen LogP contribution in [0.4, 0.5) is 5.95 Å². The minimum Gasteiger partial charge on any atom is -0.349 e. The van der Waals surface area contributed by atoms with E-state index in [2.05, 4.69) is 32.4 Å². The number of nitrogens with zero attached hydrogens (tertiary/aromatic N) is 6. The number of hydrogen-bond donors (Lipinski definition) is 1. The van der Waals surface area contributed by atoms with Gasteiger partial charge in [-0.2, -0.15) is 15.0 Å². The second-order valence-electron chi connectivity index (χ2n) is 7.95. The summed E-state index contributed by atoms with van der Waals surface area (Å²) in [5.41, 5.74) is 4.18. The molecule has 0 unspecified atom stereocenters. The molecule has 0 radical (unpaired) electrons. The van der Waals surface area contributed by atoms with Gasteiger partial charge in [-0.3, -0.25) is 4.79 Å². The van der Waals surface area contributed by atoms with Gasteiger partial charge in [0.1, 0.15) is 0 Å². The predicted octanol–water partition coefficient (Wildman–Crippen LogP) is 3.09. The number of piperidine rings is 1. The smallest absolute Gasteiger partial charge is 0.256 e. The number of aryl methyl sites for hydroxylation is 3. The SMILES string of the molecule is Cc1ccc(-n2nccn2)c(C(=O)N2CCC[C@@H](Nc3nc(C)cc(C)n3)[C@@H]2C)c1. The van der Waals surface area contributed by atoms with Crippen molar-refractivity contribution in [3.05, 3.63) is 59.2 Å². The topological polar surface area (TPSA) is 88.8 Å². The molecule has 1 fully saturated rings. The number of benzene rings is 1. The van der Waals surface area contributed by atoms with E-state index in [1.54, 1.807) is 12.4 Å². The summed E-state index contributed by atoms with van der Waals surface area (Å²) in [4.78, 5) is 26.0. The van der Waals surface area contributed by atoms with Crippen molar-refractivity contribution in [3.8, 4) is 5.69 Å². The fraction of sp³-hybridized carbons (Fsp3) is 0.409. The van der Waals surface area contributed by atoms with Crippen LogP contribution in [-0.2, 0) is 0 Å². The van der Waals surface area contributed by atoms with Gasteiger partial charge in [-0.1, -0.05) is 11.6 Å². The first-order chi connectivity index (χ1) is 14.4. The Morgan fingerprint density at radius 3 is 2.47 bits per heavy atom. The average Bonchev–Trinajstić information content (AvgIpc) is 3.23. The molecule has 1 aliphatic rings. The van der Waals surface area contributed by atoms with Gasteiger partial charge >= 0.3 is 0 Å². The van der Waals surface area contributed by atoms with Gasteiger partial charge in [-0.05, 0) is 58.7 Å². The third-order valence-electron chi connectivity index (χ3n) is 5.56. The summed E-state index contributed by atoms with van der Waals surface area (Å²) in [7, 11) is 0. The molecule has 1 aliphatic heterocycles. The third kappa shape index (κ3) is 4.03. The van der Waals surface area contributed by atoms with Crippen molar-refractivity contribution < 1.29 is 4.79 Å². The second-order valence-corrected chi connectivity index (χ2v) is 7.95.